The van der Waals surface area contributed by atoms with Gasteiger partial charge in [0.2, 0.25) is 5.91 Å². The second kappa shape index (κ2) is 6.32. The fourth-order valence-corrected chi connectivity index (χ4v) is 2.76. The molecular formula is C19H22N2O. The van der Waals surface area contributed by atoms with Crippen molar-refractivity contribution < 1.29 is 4.79 Å². The second-order valence-electron chi connectivity index (χ2n) is 6.07. The zero-order chi connectivity index (χ0) is 15.4. The molecule has 0 heterocycles. The lowest BCUT2D eigenvalue weighted by Crippen LogP contribution is -2.43. The highest BCUT2D eigenvalue weighted by atomic mass is 16.2. The van der Waals surface area contributed by atoms with Gasteiger partial charge in [-0.1, -0.05) is 60.7 Å². The quantitative estimate of drug-likeness (QED) is 0.860. The molecule has 2 aromatic rings. The molecule has 114 valence electrons. The van der Waals surface area contributed by atoms with Crippen LogP contribution in [-0.2, 0) is 4.79 Å². The molecule has 0 aliphatic heterocycles. The van der Waals surface area contributed by atoms with Crippen molar-refractivity contribution in [1.82, 2.24) is 5.32 Å². The minimum absolute atomic E-state index is 0.00706. The molecule has 0 unspecified atom stereocenters. The lowest BCUT2D eigenvalue weighted by molar-refractivity contribution is -0.123. The van der Waals surface area contributed by atoms with Crippen LogP contribution < -0.4 is 11.1 Å². The highest BCUT2D eigenvalue weighted by molar-refractivity contribution is 5.88. The van der Waals surface area contributed by atoms with Gasteiger partial charge >= 0.3 is 0 Å². The molecule has 0 saturated heterocycles. The molecule has 22 heavy (non-hydrogen) atoms. The average molecular weight is 294 g/mol. The van der Waals surface area contributed by atoms with E-state index in [1.54, 1.807) is 0 Å². The predicted octanol–water partition coefficient (Wildman–Crippen LogP) is 2.82. The average Bonchev–Trinajstić information content (AvgIpc) is 3.32. The van der Waals surface area contributed by atoms with Crippen molar-refractivity contribution >= 4 is 5.91 Å². The fraction of sp³-hybridized carbons (Fsp3) is 0.316. The summed E-state index contributed by atoms with van der Waals surface area (Å²) in [4.78, 5) is 11.9. The van der Waals surface area contributed by atoms with Crippen LogP contribution in [0.2, 0.25) is 0 Å². The van der Waals surface area contributed by atoms with E-state index >= 15 is 0 Å². The number of hydrogen-bond donors (Lipinski definition) is 2. The number of carbonyl (C=O) groups excluding carboxylic acids is 1. The van der Waals surface area contributed by atoms with Gasteiger partial charge in [0.15, 0.2) is 0 Å². The summed E-state index contributed by atoms with van der Waals surface area (Å²) in [6, 6.07) is 20.9. The van der Waals surface area contributed by atoms with E-state index in [0.717, 1.165) is 19.3 Å². The van der Waals surface area contributed by atoms with E-state index < -0.39 is 5.54 Å². The summed E-state index contributed by atoms with van der Waals surface area (Å²) >= 11 is 0. The standard InChI is InChI=1S/C19H22N2O/c20-19(12-13-19)18(22)21-14-11-17(15-7-3-1-4-8-15)16-9-5-2-6-10-16/h1-10,17H,11-14,20H2,(H,21,22). The lowest BCUT2D eigenvalue weighted by atomic mass is 9.88. The minimum Gasteiger partial charge on any atom is -0.354 e. The Morgan fingerprint density at radius 3 is 1.95 bits per heavy atom. The van der Waals surface area contributed by atoms with Crippen LogP contribution in [0, 0.1) is 0 Å². The summed E-state index contributed by atoms with van der Waals surface area (Å²) < 4.78 is 0. The molecule has 3 nitrogen and oxygen atoms in total. The van der Waals surface area contributed by atoms with Crippen molar-refractivity contribution in [2.45, 2.75) is 30.7 Å². The van der Waals surface area contributed by atoms with Gasteiger partial charge in [-0.05, 0) is 30.4 Å². The molecule has 0 atom stereocenters. The van der Waals surface area contributed by atoms with Crippen molar-refractivity contribution in [1.29, 1.82) is 0 Å². The summed E-state index contributed by atoms with van der Waals surface area (Å²) in [7, 11) is 0. The molecule has 0 bridgehead atoms. The molecule has 3 N–H and O–H groups in total. The normalized spacial score (nSPS) is 15.5. The molecule has 0 radical (unpaired) electrons. The van der Waals surface area contributed by atoms with Gasteiger partial charge in [0, 0.05) is 12.5 Å². The number of rotatable bonds is 6. The summed E-state index contributed by atoms with van der Waals surface area (Å²) in [5.74, 6) is 0.281. The molecule has 1 saturated carbocycles. The van der Waals surface area contributed by atoms with Crippen LogP contribution in [0.4, 0.5) is 0 Å². The van der Waals surface area contributed by atoms with Crippen LogP contribution in [0.25, 0.3) is 0 Å². The van der Waals surface area contributed by atoms with E-state index in [4.69, 9.17) is 5.73 Å². The number of carbonyl (C=O) groups is 1. The van der Waals surface area contributed by atoms with Crippen molar-refractivity contribution in [3.05, 3.63) is 71.8 Å². The zero-order valence-electron chi connectivity index (χ0n) is 12.7. The zero-order valence-corrected chi connectivity index (χ0v) is 12.7. The molecular weight excluding hydrogens is 272 g/mol. The number of amides is 1. The van der Waals surface area contributed by atoms with Crippen molar-refractivity contribution in [3.8, 4) is 0 Å². The minimum atomic E-state index is -0.588. The van der Waals surface area contributed by atoms with Crippen molar-refractivity contribution in [2.24, 2.45) is 5.73 Å². The van der Waals surface area contributed by atoms with E-state index in [-0.39, 0.29) is 11.8 Å². The Morgan fingerprint density at radius 1 is 1.00 bits per heavy atom. The highest BCUT2D eigenvalue weighted by Gasteiger charge is 2.45. The van der Waals surface area contributed by atoms with E-state index in [1.165, 1.54) is 11.1 Å². The fourth-order valence-electron chi connectivity index (χ4n) is 2.76. The van der Waals surface area contributed by atoms with Crippen LogP contribution in [0.15, 0.2) is 60.7 Å². The predicted molar refractivity (Wildman–Crippen MR) is 88.5 cm³/mol. The topological polar surface area (TPSA) is 55.1 Å². The van der Waals surface area contributed by atoms with Gasteiger partial charge in [-0.3, -0.25) is 4.79 Å². The molecule has 1 aliphatic carbocycles. The Morgan fingerprint density at radius 2 is 1.50 bits per heavy atom. The molecule has 1 aliphatic rings. The molecule has 0 spiro atoms. The summed E-state index contributed by atoms with van der Waals surface area (Å²) in [5, 5.41) is 2.99. The van der Waals surface area contributed by atoms with E-state index in [9.17, 15) is 4.79 Å². The first-order valence-electron chi connectivity index (χ1n) is 7.86. The highest BCUT2D eigenvalue weighted by Crippen LogP contribution is 2.32. The third-order valence-electron chi connectivity index (χ3n) is 4.36. The Hall–Kier alpha value is -2.13. The lowest BCUT2D eigenvalue weighted by Gasteiger charge is -2.19. The van der Waals surface area contributed by atoms with Gasteiger partial charge in [-0.25, -0.2) is 0 Å². The van der Waals surface area contributed by atoms with Crippen LogP contribution in [0.5, 0.6) is 0 Å². The first kappa shape index (κ1) is 14.8. The van der Waals surface area contributed by atoms with E-state index in [1.807, 2.05) is 12.1 Å². The Labute approximate surface area is 131 Å². The largest absolute Gasteiger partial charge is 0.354 e. The van der Waals surface area contributed by atoms with Crippen LogP contribution in [0.3, 0.4) is 0 Å². The molecule has 1 fully saturated rings. The van der Waals surface area contributed by atoms with Gasteiger partial charge < -0.3 is 11.1 Å². The van der Waals surface area contributed by atoms with E-state index in [2.05, 4.69) is 53.8 Å². The smallest absolute Gasteiger partial charge is 0.240 e. The van der Waals surface area contributed by atoms with Gasteiger partial charge in [0.1, 0.15) is 0 Å². The number of benzene rings is 2. The van der Waals surface area contributed by atoms with Gasteiger partial charge in [-0.2, -0.15) is 0 Å². The summed E-state index contributed by atoms with van der Waals surface area (Å²) in [6.45, 7) is 0.645. The third-order valence-corrected chi connectivity index (χ3v) is 4.36. The Bertz CT molecular complexity index is 581. The first-order valence-corrected chi connectivity index (χ1v) is 7.86. The summed E-state index contributed by atoms with van der Waals surface area (Å²) in [5.41, 5.74) is 7.88. The Kier molecular flexibility index (Phi) is 4.25. The monoisotopic (exact) mass is 294 g/mol. The van der Waals surface area contributed by atoms with Crippen molar-refractivity contribution in [2.75, 3.05) is 6.54 Å². The molecule has 1 amide bonds. The first-order chi connectivity index (χ1) is 10.7. The third kappa shape index (κ3) is 3.37. The summed E-state index contributed by atoms with van der Waals surface area (Å²) in [6.07, 6.45) is 2.48. The number of nitrogens with two attached hydrogens (primary N) is 1. The van der Waals surface area contributed by atoms with Gasteiger partial charge in [-0.15, -0.1) is 0 Å². The van der Waals surface area contributed by atoms with Crippen molar-refractivity contribution in [3.63, 3.8) is 0 Å². The van der Waals surface area contributed by atoms with Crippen LogP contribution >= 0.6 is 0 Å². The van der Waals surface area contributed by atoms with Crippen LogP contribution in [0.1, 0.15) is 36.3 Å². The number of nitrogens with one attached hydrogen (secondary N) is 1. The van der Waals surface area contributed by atoms with Gasteiger partial charge in [0.05, 0.1) is 5.54 Å². The molecule has 0 aromatic heterocycles. The van der Waals surface area contributed by atoms with E-state index in [0.29, 0.717) is 6.54 Å². The maximum atomic E-state index is 11.9. The maximum absolute atomic E-state index is 11.9. The van der Waals surface area contributed by atoms with Crippen LogP contribution in [-0.4, -0.2) is 18.0 Å². The second-order valence-corrected chi connectivity index (χ2v) is 6.07. The maximum Gasteiger partial charge on any atom is 0.240 e. The molecule has 2 aromatic carbocycles. The molecule has 3 rings (SSSR count). The number of hydrogen-bond acceptors (Lipinski definition) is 2. The molecule has 3 heteroatoms. The van der Waals surface area contributed by atoms with Gasteiger partial charge in [0.25, 0.3) is 0 Å². The SMILES string of the molecule is NC1(C(=O)NCCC(c2ccccc2)c2ccccc2)CC1. The Balaban J connectivity index is 1.68.